The first kappa shape index (κ1) is 58.0. The summed E-state index contributed by atoms with van der Waals surface area (Å²) in [6.45, 7) is 6.79. The van der Waals surface area contributed by atoms with Crippen LogP contribution in [0, 0.1) is 5.92 Å². The summed E-state index contributed by atoms with van der Waals surface area (Å²) in [4.78, 5) is 37.2. The Bertz CT molecular complexity index is 2240. The maximum atomic E-state index is 14.1. The highest BCUT2D eigenvalue weighted by Gasteiger charge is 2.44. The minimum Gasteiger partial charge on any atom is -0.497 e. The molecular weight excluding hydrogens is 901 g/mol. The Hall–Kier alpha value is -4.30. The zero-order valence-electron chi connectivity index (χ0n) is 46.6. The van der Waals surface area contributed by atoms with Gasteiger partial charge in [0.05, 0.1) is 33.7 Å². The molecular formula is C65H101N4O4+. The number of likely N-dealkylation sites (tertiary alicyclic amines) is 2. The average molecular weight is 1000 g/mol. The zero-order chi connectivity index (χ0) is 51.4. The van der Waals surface area contributed by atoms with E-state index in [0.717, 1.165) is 105 Å². The number of aromatic amines is 2. The Morgan fingerprint density at radius 2 is 1.16 bits per heavy atom. The summed E-state index contributed by atoms with van der Waals surface area (Å²) in [6.07, 6.45) is 52.7. The molecule has 0 bridgehead atoms. The average Bonchev–Trinajstić information content (AvgIpc) is 4.21. The number of nitrogens with zero attached hydrogens (tertiary/aromatic N) is 2. The highest BCUT2D eigenvalue weighted by atomic mass is 16.5. The van der Waals surface area contributed by atoms with E-state index in [2.05, 4.69) is 103 Å². The molecule has 4 unspecified atom stereocenters. The van der Waals surface area contributed by atoms with Crippen LogP contribution in [0.5, 0.6) is 11.5 Å². The van der Waals surface area contributed by atoms with Gasteiger partial charge in [0.15, 0.2) is 0 Å². The lowest BCUT2D eigenvalue weighted by Crippen LogP contribution is -2.53. The zero-order valence-corrected chi connectivity index (χ0v) is 46.6. The molecule has 2 aliphatic rings. The van der Waals surface area contributed by atoms with Crippen LogP contribution in [0.3, 0.4) is 0 Å². The molecule has 0 saturated carbocycles. The number of carbonyl (C=O) groups is 2. The molecule has 2 amide bonds. The van der Waals surface area contributed by atoms with Crippen LogP contribution in [0.15, 0.2) is 73.1 Å². The maximum absolute atomic E-state index is 14.1. The number of ether oxygens (including phenoxy) is 2. The van der Waals surface area contributed by atoms with Crippen molar-refractivity contribution in [2.45, 2.75) is 238 Å². The van der Waals surface area contributed by atoms with Crippen molar-refractivity contribution in [2.24, 2.45) is 5.92 Å². The largest absolute Gasteiger partial charge is 0.497 e. The standard InChI is InChI=1S/C65H101N4O4/c1-5-7-9-11-13-15-17-19-21-23-25-27-29-31-33-37-64(70)68-51-53(44-56(68)45-54-49-66-62-41-39-58(72-4)47-60(54)62)52-73-59-40-42-63-61(48-59)55(50-67-63)46-57-36-35-43-69(57,3)65(71)38-34-32-30-28-26-24-22-20-18-16-14-12-10-8-6-2/h13,15,19,21,39-42,47-50,53,56-57,66-67H,5-12,14,16-18,20,22-38,43-46,51-52H2,1-4H3/q+1/b15-13-,21-19-. The SMILES string of the molecule is CCCCC/C=C\C/C=C\CCCCCCCC(=O)N1CC(COc2ccc3[nH]cc(CC4CCC[N+]4(C)C(=O)CCCCCCCCCCCCCCCCC)c3c2)CC1Cc1c[nH]c2ccc(OC)cc12. The van der Waals surface area contributed by atoms with Crippen LogP contribution in [0.1, 0.15) is 224 Å². The van der Waals surface area contributed by atoms with Gasteiger partial charge < -0.3 is 24.3 Å². The third-order valence-electron chi connectivity index (χ3n) is 16.8. The number of unbranched alkanes of at least 4 members (excludes halogenated alkanes) is 22. The van der Waals surface area contributed by atoms with Gasteiger partial charge in [-0.3, -0.25) is 9.28 Å². The molecule has 404 valence electrons. The minimum absolute atomic E-state index is 0.115. The first-order chi connectivity index (χ1) is 35.8. The molecule has 4 atom stereocenters. The number of allylic oxidation sites excluding steroid dienone is 4. The lowest BCUT2D eigenvalue weighted by Gasteiger charge is -2.33. The van der Waals surface area contributed by atoms with Gasteiger partial charge in [0.2, 0.25) is 5.91 Å². The molecule has 2 saturated heterocycles. The quantitative estimate of drug-likeness (QED) is 0.0266. The van der Waals surface area contributed by atoms with E-state index in [1.165, 1.54) is 151 Å². The predicted octanol–water partition coefficient (Wildman–Crippen LogP) is 17.2. The molecule has 0 spiro atoms. The van der Waals surface area contributed by atoms with E-state index in [-0.39, 0.29) is 17.9 Å². The van der Waals surface area contributed by atoms with Crippen molar-refractivity contribution in [3.8, 4) is 11.5 Å². The Labute approximate surface area is 443 Å². The van der Waals surface area contributed by atoms with Crippen LogP contribution in [0.25, 0.3) is 21.8 Å². The van der Waals surface area contributed by atoms with Gasteiger partial charge in [-0.2, -0.15) is 0 Å². The number of aromatic nitrogens is 2. The fourth-order valence-electron chi connectivity index (χ4n) is 12.1. The first-order valence-electron chi connectivity index (χ1n) is 30.2. The molecule has 2 fully saturated rings. The Morgan fingerprint density at radius 1 is 0.644 bits per heavy atom. The Kier molecular flexibility index (Phi) is 26.1. The second-order valence-corrected chi connectivity index (χ2v) is 22.6. The number of fused-ring (bicyclic) bond motifs is 2. The van der Waals surface area contributed by atoms with E-state index < -0.39 is 0 Å². The van der Waals surface area contributed by atoms with Crippen LogP contribution < -0.4 is 9.47 Å². The molecule has 6 rings (SSSR count). The van der Waals surface area contributed by atoms with Crippen LogP contribution in [0.2, 0.25) is 0 Å². The van der Waals surface area contributed by atoms with E-state index in [4.69, 9.17) is 9.47 Å². The number of nitrogens with one attached hydrogen (secondary N) is 2. The van der Waals surface area contributed by atoms with Gasteiger partial charge in [0, 0.05) is 78.4 Å². The molecule has 2 aromatic carbocycles. The van der Waals surface area contributed by atoms with Gasteiger partial charge in [-0.05, 0) is 105 Å². The lowest BCUT2D eigenvalue weighted by atomic mass is 9.99. The van der Waals surface area contributed by atoms with Crippen LogP contribution >= 0.6 is 0 Å². The summed E-state index contributed by atoms with van der Waals surface area (Å²) in [5, 5.41) is 2.36. The van der Waals surface area contributed by atoms with E-state index in [0.29, 0.717) is 35.9 Å². The van der Waals surface area contributed by atoms with Gasteiger partial charge in [-0.1, -0.05) is 160 Å². The number of rotatable bonds is 38. The third-order valence-corrected chi connectivity index (χ3v) is 16.8. The van der Waals surface area contributed by atoms with E-state index in [1.54, 1.807) is 7.11 Å². The molecule has 2 aliphatic heterocycles. The number of hydrogen-bond donors (Lipinski definition) is 2. The second-order valence-electron chi connectivity index (χ2n) is 22.6. The van der Waals surface area contributed by atoms with E-state index in [9.17, 15) is 9.59 Å². The number of hydrogen-bond acceptors (Lipinski definition) is 4. The molecule has 0 radical (unpaired) electrons. The number of carbonyl (C=O) groups excluding carboxylic acids is 2. The van der Waals surface area contributed by atoms with Crippen molar-refractivity contribution < 1.29 is 23.5 Å². The summed E-state index contributed by atoms with van der Waals surface area (Å²) in [6, 6.07) is 13.0. The fourth-order valence-corrected chi connectivity index (χ4v) is 12.1. The number of benzene rings is 2. The second kappa shape index (κ2) is 32.9. The van der Waals surface area contributed by atoms with Crippen LogP contribution in [-0.2, 0) is 22.4 Å². The Balaban J connectivity index is 0.947. The molecule has 4 heterocycles. The number of H-pyrrole nitrogens is 2. The summed E-state index contributed by atoms with van der Waals surface area (Å²) < 4.78 is 12.8. The molecule has 0 aliphatic carbocycles. The predicted molar refractivity (Wildman–Crippen MR) is 308 cm³/mol. The van der Waals surface area contributed by atoms with Crippen LogP contribution in [0.4, 0.5) is 0 Å². The number of likely N-dealkylation sites (N-methyl/N-ethyl adjacent to an activating group) is 1. The van der Waals surface area contributed by atoms with Gasteiger partial charge in [-0.15, -0.1) is 0 Å². The van der Waals surface area contributed by atoms with E-state index >= 15 is 0 Å². The molecule has 8 nitrogen and oxygen atoms in total. The van der Waals surface area contributed by atoms with Crippen molar-refractivity contribution in [1.82, 2.24) is 14.9 Å². The van der Waals surface area contributed by atoms with Gasteiger partial charge in [-0.25, -0.2) is 4.79 Å². The van der Waals surface area contributed by atoms with Crippen molar-refractivity contribution in [2.75, 3.05) is 33.9 Å². The van der Waals surface area contributed by atoms with Crippen LogP contribution in [-0.4, -0.2) is 77.1 Å². The number of methoxy groups -OCH3 is 1. The normalized spacial score (nSPS) is 19.2. The van der Waals surface area contributed by atoms with Crippen molar-refractivity contribution in [1.29, 1.82) is 0 Å². The monoisotopic (exact) mass is 1000 g/mol. The van der Waals surface area contributed by atoms with Gasteiger partial charge in [0.1, 0.15) is 17.5 Å². The third kappa shape index (κ3) is 19.1. The minimum atomic E-state index is 0.115. The highest BCUT2D eigenvalue weighted by molar-refractivity contribution is 5.86. The number of amides is 2. The summed E-state index contributed by atoms with van der Waals surface area (Å²) in [5.74, 6) is 2.67. The van der Waals surface area contributed by atoms with E-state index in [1.807, 2.05) is 6.07 Å². The lowest BCUT2D eigenvalue weighted by molar-refractivity contribution is -0.847. The van der Waals surface area contributed by atoms with Gasteiger partial charge >= 0.3 is 5.91 Å². The maximum Gasteiger partial charge on any atom is 0.313 e. The fraction of sp³-hybridized carbons (Fsp3) is 0.662. The summed E-state index contributed by atoms with van der Waals surface area (Å²) in [7, 11) is 3.93. The molecule has 2 N–H and O–H groups in total. The Morgan fingerprint density at radius 3 is 1.78 bits per heavy atom. The van der Waals surface area contributed by atoms with Gasteiger partial charge in [0.25, 0.3) is 0 Å². The molecule has 2 aromatic heterocycles. The van der Waals surface area contributed by atoms with Crippen molar-refractivity contribution >= 4 is 33.6 Å². The number of quaternary nitrogens is 1. The molecule has 4 aromatic rings. The highest BCUT2D eigenvalue weighted by Crippen LogP contribution is 2.35. The molecule has 8 heteroatoms. The van der Waals surface area contributed by atoms with Crippen molar-refractivity contribution in [3.63, 3.8) is 0 Å². The summed E-state index contributed by atoms with van der Waals surface area (Å²) >= 11 is 0. The summed E-state index contributed by atoms with van der Waals surface area (Å²) in [5.41, 5.74) is 4.71. The first-order valence-corrected chi connectivity index (χ1v) is 30.2. The smallest absolute Gasteiger partial charge is 0.313 e. The van der Waals surface area contributed by atoms with Crippen molar-refractivity contribution in [3.05, 3.63) is 84.2 Å². The topological polar surface area (TPSA) is 87.4 Å². The molecule has 73 heavy (non-hydrogen) atoms.